The third-order valence-electron chi connectivity index (χ3n) is 5.89. The molecule has 0 bridgehead atoms. The lowest BCUT2D eigenvalue weighted by Crippen LogP contribution is -2.61. The number of fused-ring (bicyclic) bond motifs is 1. The summed E-state index contributed by atoms with van der Waals surface area (Å²) in [4.78, 5) is 0.515. The second-order valence-corrected chi connectivity index (χ2v) is 13.6. The van der Waals surface area contributed by atoms with E-state index in [2.05, 4.69) is 4.18 Å². The van der Waals surface area contributed by atoms with E-state index in [1.54, 1.807) is 66.4 Å². The maximum absolute atomic E-state index is 14.6. The van der Waals surface area contributed by atoms with Crippen LogP contribution in [0, 0.1) is 0 Å². The van der Waals surface area contributed by atoms with Crippen LogP contribution < -0.4 is 4.18 Å². The molecule has 3 aromatic carbocycles. The van der Waals surface area contributed by atoms with Crippen LogP contribution in [0.3, 0.4) is 0 Å². The number of rotatable bonds is 9. The average molecular weight is 628 g/mol. The van der Waals surface area contributed by atoms with Crippen molar-refractivity contribution in [2.75, 3.05) is 7.05 Å². The number of alkyl halides is 6. The molecule has 2 atom stereocenters. The Labute approximate surface area is 227 Å². The Kier molecular flexibility index (Phi) is 7.53. The summed E-state index contributed by atoms with van der Waals surface area (Å²) in [6, 6.07) is 20.2. The van der Waals surface area contributed by atoms with Crippen molar-refractivity contribution in [1.82, 2.24) is 0 Å². The lowest BCUT2D eigenvalue weighted by Gasteiger charge is -2.29. The van der Waals surface area contributed by atoms with Gasteiger partial charge >= 0.3 is 36.7 Å². The molecule has 0 saturated carbocycles. The number of nitrogens with zero attached hydrogens (tertiary/aromatic N) is 1. The van der Waals surface area contributed by atoms with Gasteiger partial charge in [-0.3, -0.25) is 4.55 Å². The van der Waals surface area contributed by atoms with Gasteiger partial charge in [-0.25, -0.2) is 0 Å². The van der Waals surface area contributed by atoms with Crippen molar-refractivity contribution in [2.24, 2.45) is 0 Å². The number of benzene rings is 3. The second kappa shape index (κ2) is 10.1. The highest BCUT2D eigenvalue weighted by atomic mass is 32.2. The molecule has 0 radical (unpaired) electrons. The maximum Gasteiger partial charge on any atom is 0.450 e. The van der Waals surface area contributed by atoms with Crippen molar-refractivity contribution in [2.45, 2.75) is 31.5 Å². The predicted molar refractivity (Wildman–Crippen MR) is 134 cm³/mol. The maximum atomic E-state index is 14.6. The Morgan fingerprint density at radius 3 is 1.98 bits per heavy atom. The predicted octanol–water partition coefficient (Wildman–Crippen LogP) is 5.24. The van der Waals surface area contributed by atoms with Gasteiger partial charge in [-0.2, -0.15) is 47.8 Å². The third kappa shape index (κ3) is 4.76. The van der Waals surface area contributed by atoms with E-state index in [9.17, 15) is 43.2 Å². The van der Waals surface area contributed by atoms with E-state index in [1.807, 2.05) is 6.07 Å². The van der Waals surface area contributed by atoms with Gasteiger partial charge in [-0.15, -0.1) is 0 Å². The SMILES string of the molecule is C[N+]1=CC([S+](c2ccccc2)c2ccccc2OS(=O)(=O)C(F)(F)C(F)(F)C(F)(F)S(=O)(=O)O)c2ccccc21. The van der Waals surface area contributed by atoms with Crippen molar-refractivity contribution in [3.63, 3.8) is 0 Å². The summed E-state index contributed by atoms with van der Waals surface area (Å²) in [7, 11) is -13.7. The summed E-state index contributed by atoms with van der Waals surface area (Å²) < 4.78 is 146. The Hall–Kier alpha value is -3.08. The molecule has 0 spiro atoms. The van der Waals surface area contributed by atoms with Crippen molar-refractivity contribution in [3.8, 4) is 5.75 Å². The second-order valence-electron chi connectivity index (χ2n) is 8.46. The highest BCUT2D eigenvalue weighted by Crippen LogP contribution is 2.52. The van der Waals surface area contributed by atoms with E-state index in [1.165, 1.54) is 12.1 Å². The summed E-state index contributed by atoms with van der Waals surface area (Å²) in [6.45, 7) is 0. The highest BCUT2D eigenvalue weighted by molar-refractivity contribution is 7.98. The summed E-state index contributed by atoms with van der Waals surface area (Å²) in [5.74, 6) is -8.00. The minimum Gasteiger partial charge on any atom is -0.373 e. The lowest BCUT2D eigenvalue weighted by atomic mass is 10.1. The van der Waals surface area contributed by atoms with Crippen LogP contribution in [0.15, 0.2) is 88.7 Å². The number of hydrogen-bond donors (Lipinski definition) is 1. The highest BCUT2D eigenvalue weighted by Gasteiger charge is 2.83. The molecule has 40 heavy (non-hydrogen) atoms. The van der Waals surface area contributed by atoms with Crippen LogP contribution in [0.25, 0.3) is 0 Å². The lowest BCUT2D eigenvalue weighted by molar-refractivity contribution is -0.396. The Bertz CT molecular complexity index is 1680. The van der Waals surface area contributed by atoms with Crippen molar-refractivity contribution in [3.05, 3.63) is 84.4 Å². The Balaban J connectivity index is 1.85. The standard InChI is InChI=1S/C24H18F6NO6S3/c1-31-15-21(17-11-5-6-12-18(17)31)38(16-9-3-2-4-10-16)20-14-8-7-13-19(20)37-40(35,36)24(29,30)22(25,26)23(27,28)39(32,33)34/h2-15,21H,1H3/q+1/p+1. The molecule has 0 saturated heterocycles. The van der Waals surface area contributed by atoms with E-state index in [-0.39, 0.29) is 4.90 Å². The largest absolute Gasteiger partial charge is 0.450 e. The molecule has 0 amide bonds. The molecule has 3 aromatic rings. The van der Waals surface area contributed by atoms with E-state index in [0.717, 1.165) is 23.4 Å². The van der Waals surface area contributed by atoms with E-state index < -0.39 is 58.6 Å². The Morgan fingerprint density at radius 2 is 1.35 bits per heavy atom. The zero-order valence-corrected chi connectivity index (χ0v) is 22.5. The summed E-state index contributed by atoms with van der Waals surface area (Å²) >= 11 is 0. The molecule has 16 heteroatoms. The van der Waals surface area contributed by atoms with E-state index in [4.69, 9.17) is 4.55 Å². The molecule has 4 rings (SSSR count). The Morgan fingerprint density at radius 1 is 0.800 bits per heavy atom. The number of para-hydroxylation sites is 2. The number of hydrogen-bond acceptors (Lipinski definition) is 5. The first-order valence-corrected chi connectivity index (χ1v) is 15.2. The van der Waals surface area contributed by atoms with Gasteiger partial charge in [-0.05, 0) is 30.3 Å². The molecule has 1 N–H and O–H groups in total. The van der Waals surface area contributed by atoms with Gasteiger partial charge in [0.05, 0.1) is 16.5 Å². The topological polar surface area (TPSA) is 101 Å². The minimum atomic E-state index is -7.17. The van der Waals surface area contributed by atoms with Crippen LogP contribution in [0.2, 0.25) is 0 Å². The van der Waals surface area contributed by atoms with Gasteiger partial charge in [-0.1, -0.05) is 42.5 Å². The fourth-order valence-electron chi connectivity index (χ4n) is 3.94. The molecule has 1 aliphatic heterocycles. The van der Waals surface area contributed by atoms with Gasteiger partial charge in [0.15, 0.2) is 10.6 Å². The van der Waals surface area contributed by atoms with E-state index in [0.29, 0.717) is 4.90 Å². The molecule has 2 unspecified atom stereocenters. The molecule has 0 aromatic heterocycles. The van der Waals surface area contributed by atoms with Crippen LogP contribution >= 0.6 is 0 Å². The average Bonchev–Trinajstić information content (AvgIpc) is 3.21. The molecule has 0 aliphatic carbocycles. The van der Waals surface area contributed by atoms with Crippen molar-refractivity contribution >= 4 is 43.0 Å². The minimum absolute atomic E-state index is 0.0516. The molecule has 214 valence electrons. The van der Waals surface area contributed by atoms with Gasteiger partial charge in [0.1, 0.15) is 7.05 Å². The van der Waals surface area contributed by atoms with Gasteiger partial charge in [0.25, 0.3) is 0 Å². The van der Waals surface area contributed by atoms with Gasteiger partial charge in [0, 0.05) is 6.07 Å². The molecular formula is C24H19F6NO6S3+2. The van der Waals surface area contributed by atoms with Crippen molar-refractivity contribution < 1.29 is 56.5 Å². The van der Waals surface area contributed by atoms with Crippen LogP contribution in [-0.2, 0) is 31.1 Å². The monoisotopic (exact) mass is 627 g/mol. The van der Waals surface area contributed by atoms with Gasteiger partial charge in [0.2, 0.25) is 22.0 Å². The zero-order valence-electron chi connectivity index (χ0n) is 20.1. The molecule has 0 fully saturated rings. The van der Waals surface area contributed by atoms with Crippen molar-refractivity contribution in [1.29, 1.82) is 0 Å². The quantitative estimate of drug-likeness (QED) is 0.115. The molecule has 7 nitrogen and oxygen atoms in total. The molecular weight excluding hydrogens is 608 g/mol. The summed E-state index contributed by atoms with van der Waals surface area (Å²) in [6.07, 6.45) is 1.78. The van der Waals surface area contributed by atoms with Crippen LogP contribution in [0.1, 0.15) is 10.8 Å². The summed E-state index contributed by atoms with van der Waals surface area (Å²) in [5, 5.41) is -14.2. The number of halogens is 6. The molecule has 1 aliphatic rings. The van der Waals surface area contributed by atoms with Gasteiger partial charge < -0.3 is 4.18 Å². The first kappa shape index (κ1) is 29.9. The third-order valence-corrected chi connectivity index (χ3v) is 10.6. The van der Waals surface area contributed by atoms with Crippen LogP contribution in [0.5, 0.6) is 5.75 Å². The first-order valence-electron chi connectivity index (χ1n) is 11.0. The normalized spacial score (nSPS) is 17.2. The van der Waals surface area contributed by atoms with E-state index >= 15 is 0 Å². The smallest absolute Gasteiger partial charge is 0.373 e. The fraction of sp³-hybridized carbons (Fsp3) is 0.208. The first-order chi connectivity index (χ1) is 18.4. The van der Waals surface area contributed by atoms with Crippen LogP contribution in [0.4, 0.5) is 32.0 Å². The van der Waals surface area contributed by atoms with Crippen LogP contribution in [-0.4, -0.2) is 55.7 Å². The summed E-state index contributed by atoms with van der Waals surface area (Å²) in [5.41, 5.74) is 1.55. The zero-order chi connectivity index (χ0) is 29.7. The molecule has 1 heterocycles. The fourth-order valence-corrected chi connectivity index (χ4v) is 8.02.